The molecule has 2 heterocycles. The Morgan fingerprint density at radius 1 is 1.18 bits per heavy atom. The highest BCUT2D eigenvalue weighted by atomic mass is 19.4. The molecule has 0 radical (unpaired) electrons. The van der Waals surface area contributed by atoms with Gasteiger partial charge >= 0.3 is 12.4 Å². The molecule has 1 aromatic heterocycles. The molecule has 4 rings (SSSR count). The molecular formula is C22H16F3N3O5. The van der Waals surface area contributed by atoms with Gasteiger partial charge in [0.05, 0.1) is 19.2 Å². The second-order valence-corrected chi connectivity index (χ2v) is 7.14. The lowest BCUT2D eigenvalue weighted by molar-refractivity contribution is -0.274. The lowest BCUT2D eigenvalue weighted by atomic mass is 9.99. The van der Waals surface area contributed by atoms with Crippen molar-refractivity contribution in [3.63, 3.8) is 0 Å². The van der Waals surface area contributed by atoms with E-state index < -0.39 is 29.6 Å². The average Bonchev–Trinajstić information content (AvgIpc) is 3.21. The summed E-state index contributed by atoms with van der Waals surface area (Å²) in [6, 6.07) is 9.29. The van der Waals surface area contributed by atoms with Crippen molar-refractivity contribution in [1.82, 2.24) is 15.2 Å². The van der Waals surface area contributed by atoms with Gasteiger partial charge in [-0.25, -0.2) is 4.79 Å². The topological polar surface area (TPSA) is 102 Å². The van der Waals surface area contributed by atoms with Gasteiger partial charge in [0.15, 0.2) is 5.88 Å². The lowest BCUT2D eigenvalue weighted by Gasteiger charge is -2.21. The number of ether oxygens (including phenoxy) is 2. The third kappa shape index (κ3) is 4.36. The summed E-state index contributed by atoms with van der Waals surface area (Å²) in [5, 5.41) is 16.2. The van der Waals surface area contributed by atoms with Crippen molar-refractivity contribution in [3.05, 3.63) is 54.2 Å². The third-order valence-electron chi connectivity index (χ3n) is 4.94. The Balaban J connectivity index is 1.75. The Hall–Kier alpha value is -4.33. The number of hydrogen-bond acceptors (Lipinski definition) is 5. The van der Waals surface area contributed by atoms with Gasteiger partial charge in [0.2, 0.25) is 5.54 Å². The predicted molar refractivity (Wildman–Crippen MR) is 110 cm³/mol. The summed E-state index contributed by atoms with van der Waals surface area (Å²) in [4.78, 5) is 24.5. The number of hydrogen-bond donors (Lipinski definition) is 3. The quantitative estimate of drug-likeness (QED) is 0.412. The highest BCUT2D eigenvalue weighted by molar-refractivity contribution is 6.09. The Bertz CT molecular complexity index is 1320. The number of carbonyl (C=O) groups excluding carboxylic acids is 2. The number of aromatic hydroxyl groups is 1. The minimum atomic E-state index is -4.94. The van der Waals surface area contributed by atoms with E-state index in [0.717, 1.165) is 6.07 Å². The molecule has 8 nitrogen and oxygen atoms in total. The van der Waals surface area contributed by atoms with Gasteiger partial charge in [0.1, 0.15) is 11.5 Å². The van der Waals surface area contributed by atoms with Crippen molar-refractivity contribution in [2.24, 2.45) is 0 Å². The van der Waals surface area contributed by atoms with E-state index in [9.17, 15) is 27.9 Å². The summed E-state index contributed by atoms with van der Waals surface area (Å²) in [5.41, 5.74) is -2.01. The van der Waals surface area contributed by atoms with Gasteiger partial charge in [-0.05, 0) is 30.3 Å². The first-order chi connectivity index (χ1) is 15.6. The number of rotatable bonds is 4. The number of fused-ring (bicyclic) bond motifs is 1. The predicted octanol–water partition coefficient (Wildman–Crippen LogP) is 2.88. The molecule has 1 aliphatic rings. The van der Waals surface area contributed by atoms with Crippen molar-refractivity contribution >= 4 is 22.7 Å². The molecule has 0 spiro atoms. The van der Waals surface area contributed by atoms with Gasteiger partial charge in [-0.1, -0.05) is 24.0 Å². The molecule has 33 heavy (non-hydrogen) atoms. The molecule has 1 fully saturated rings. The van der Waals surface area contributed by atoms with Gasteiger partial charge in [-0.3, -0.25) is 10.1 Å². The van der Waals surface area contributed by atoms with Crippen molar-refractivity contribution in [1.29, 1.82) is 0 Å². The molecule has 2 aromatic carbocycles. The van der Waals surface area contributed by atoms with Crippen LogP contribution in [0, 0.1) is 11.8 Å². The number of urea groups is 1. The standard InChI is InChI=1S/C22H16F3N3O5/c1-32-15-7-6-14-11-28(18(29)16(14)10-15)12-21(19(30)26-20(31)27-21)9-8-13-4-2-3-5-17(13)33-22(23,24)25/h2-7,10-11,29H,12H2,1H3,(H2,26,27,30,31)/t21-/m1/s1. The van der Waals surface area contributed by atoms with Crippen molar-refractivity contribution < 1.29 is 37.3 Å². The number of para-hydroxylation sites is 1. The van der Waals surface area contributed by atoms with E-state index >= 15 is 0 Å². The number of imide groups is 1. The summed E-state index contributed by atoms with van der Waals surface area (Å²) in [6.07, 6.45) is -3.39. The molecule has 3 aromatic rings. The summed E-state index contributed by atoms with van der Waals surface area (Å²) >= 11 is 0. The minimum Gasteiger partial charge on any atom is -0.497 e. The normalized spacial score (nSPS) is 17.8. The molecule has 1 atom stereocenters. The molecule has 3 N–H and O–H groups in total. The van der Waals surface area contributed by atoms with Crippen LogP contribution in [0.1, 0.15) is 5.56 Å². The molecule has 1 saturated heterocycles. The number of nitrogens with zero attached hydrogens (tertiary/aromatic N) is 1. The molecule has 11 heteroatoms. The number of halogens is 3. The SMILES string of the molecule is COc1ccc2cn(C[C@@]3(C#Cc4ccccc4OC(F)(F)F)NC(=O)NC3=O)c(O)c2c1. The third-order valence-corrected chi connectivity index (χ3v) is 4.94. The van der Waals surface area contributed by atoms with E-state index in [-0.39, 0.29) is 18.0 Å². The Morgan fingerprint density at radius 2 is 1.94 bits per heavy atom. The van der Waals surface area contributed by atoms with E-state index in [0.29, 0.717) is 16.5 Å². The lowest BCUT2D eigenvalue weighted by Crippen LogP contribution is -2.49. The fourth-order valence-electron chi connectivity index (χ4n) is 3.42. The van der Waals surface area contributed by atoms with E-state index in [2.05, 4.69) is 27.2 Å². The van der Waals surface area contributed by atoms with Crippen LogP contribution in [0.4, 0.5) is 18.0 Å². The molecule has 3 amide bonds. The molecule has 0 unspecified atom stereocenters. The molecule has 0 aliphatic carbocycles. The first-order valence-electron chi connectivity index (χ1n) is 9.48. The molecule has 0 saturated carbocycles. The summed E-state index contributed by atoms with van der Waals surface area (Å²) in [5.74, 6) is 3.98. The second-order valence-electron chi connectivity index (χ2n) is 7.14. The molecule has 170 valence electrons. The first-order valence-corrected chi connectivity index (χ1v) is 9.48. The van der Waals surface area contributed by atoms with Gasteiger partial charge in [-0.2, -0.15) is 0 Å². The van der Waals surface area contributed by atoms with Crippen molar-refractivity contribution in [3.8, 4) is 29.2 Å². The van der Waals surface area contributed by atoms with Crippen LogP contribution in [-0.2, 0) is 11.3 Å². The number of carbonyl (C=O) groups is 2. The van der Waals surface area contributed by atoms with Crippen LogP contribution in [-0.4, -0.2) is 40.6 Å². The van der Waals surface area contributed by atoms with Crippen LogP contribution in [0.5, 0.6) is 17.4 Å². The fraction of sp³-hybridized carbons (Fsp3) is 0.182. The number of nitrogens with one attached hydrogen (secondary N) is 2. The Kier molecular flexibility index (Phi) is 5.29. The summed E-state index contributed by atoms with van der Waals surface area (Å²) < 4.78 is 48.6. The molecule has 0 bridgehead atoms. The molecular weight excluding hydrogens is 443 g/mol. The van der Waals surface area contributed by atoms with Crippen LogP contribution in [0.15, 0.2) is 48.7 Å². The van der Waals surface area contributed by atoms with E-state index in [1.54, 1.807) is 24.4 Å². The smallest absolute Gasteiger partial charge is 0.497 e. The summed E-state index contributed by atoms with van der Waals surface area (Å²) in [7, 11) is 1.47. The first kappa shape index (κ1) is 21.9. The Labute approximate surface area is 184 Å². The zero-order valence-electron chi connectivity index (χ0n) is 17.0. The van der Waals surface area contributed by atoms with Crippen LogP contribution in [0.3, 0.4) is 0 Å². The minimum absolute atomic E-state index is 0.144. The van der Waals surface area contributed by atoms with Crippen LogP contribution < -0.4 is 20.1 Å². The number of alkyl halides is 3. The molecule has 1 aliphatic heterocycles. The van der Waals surface area contributed by atoms with Gasteiger partial charge < -0.3 is 24.5 Å². The van der Waals surface area contributed by atoms with E-state index in [1.165, 1.54) is 29.9 Å². The maximum absolute atomic E-state index is 12.7. The van der Waals surface area contributed by atoms with Crippen LogP contribution in [0.2, 0.25) is 0 Å². The van der Waals surface area contributed by atoms with Gasteiger partial charge in [0, 0.05) is 17.0 Å². The zero-order valence-corrected chi connectivity index (χ0v) is 17.0. The monoisotopic (exact) mass is 459 g/mol. The van der Waals surface area contributed by atoms with E-state index in [1.807, 2.05) is 0 Å². The van der Waals surface area contributed by atoms with E-state index in [4.69, 9.17) is 4.74 Å². The highest BCUT2D eigenvalue weighted by Crippen LogP contribution is 2.32. The maximum Gasteiger partial charge on any atom is 0.573 e. The summed E-state index contributed by atoms with van der Waals surface area (Å²) in [6.45, 7) is -0.317. The van der Waals surface area contributed by atoms with Gasteiger partial charge in [0.25, 0.3) is 5.91 Å². The van der Waals surface area contributed by atoms with Crippen molar-refractivity contribution in [2.75, 3.05) is 7.11 Å². The van der Waals surface area contributed by atoms with Crippen LogP contribution >= 0.6 is 0 Å². The number of methoxy groups -OCH3 is 1. The maximum atomic E-state index is 12.7. The number of aromatic nitrogens is 1. The second kappa shape index (κ2) is 7.98. The Morgan fingerprint density at radius 3 is 2.61 bits per heavy atom. The average molecular weight is 459 g/mol. The highest BCUT2D eigenvalue weighted by Gasteiger charge is 2.46. The fourth-order valence-corrected chi connectivity index (χ4v) is 3.42. The van der Waals surface area contributed by atoms with Crippen LogP contribution in [0.25, 0.3) is 10.8 Å². The number of amides is 3. The number of benzene rings is 2. The zero-order chi connectivity index (χ0) is 23.8. The van der Waals surface area contributed by atoms with Crippen molar-refractivity contribution in [2.45, 2.75) is 18.4 Å². The van der Waals surface area contributed by atoms with Gasteiger partial charge in [-0.15, -0.1) is 13.2 Å². The largest absolute Gasteiger partial charge is 0.573 e.